The molecule has 0 aliphatic carbocycles. The highest BCUT2D eigenvalue weighted by atomic mass is 79.9. The van der Waals surface area contributed by atoms with Crippen LogP contribution >= 0.6 is 15.9 Å². The molecule has 0 aliphatic rings. The molecule has 2 aromatic carbocycles. The Morgan fingerprint density at radius 2 is 2.00 bits per heavy atom. The van der Waals surface area contributed by atoms with Crippen LogP contribution in [-0.2, 0) is 4.79 Å². The van der Waals surface area contributed by atoms with Gasteiger partial charge in [-0.05, 0) is 46.3 Å². The molecule has 0 unspecified atom stereocenters. The van der Waals surface area contributed by atoms with Gasteiger partial charge in [-0.1, -0.05) is 12.1 Å². The summed E-state index contributed by atoms with van der Waals surface area (Å²) in [5.74, 6) is -0.207. The first-order chi connectivity index (χ1) is 12.5. The van der Waals surface area contributed by atoms with E-state index in [9.17, 15) is 14.9 Å². The highest BCUT2D eigenvalue weighted by Gasteiger charge is 2.18. The van der Waals surface area contributed by atoms with Gasteiger partial charge in [-0.2, -0.15) is 0 Å². The lowest BCUT2D eigenvalue weighted by Gasteiger charge is -2.20. The molecule has 3 aromatic rings. The van der Waals surface area contributed by atoms with Crippen molar-refractivity contribution in [1.29, 1.82) is 0 Å². The van der Waals surface area contributed by atoms with E-state index >= 15 is 0 Å². The van der Waals surface area contributed by atoms with Gasteiger partial charge in [0.1, 0.15) is 5.52 Å². The van der Waals surface area contributed by atoms with Crippen molar-refractivity contribution in [1.82, 2.24) is 4.98 Å². The summed E-state index contributed by atoms with van der Waals surface area (Å²) in [6, 6.07) is 13.7. The number of hydrogen-bond acceptors (Lipinski definition) is 5. The van der Waals surface area contributed by atoms with Gasteiger partial charge in [0.15, 0.2) is 0 Å². The summed E-state index contributed by atoms with van der Waals surface area (Å²) >= 11 is 3.39. The number of likely N-dealkylation sites (N-methyl/N-ethyl adjacent to an activating group) is 1. The fraction of sp³-hybridized carbons (Fsp3) is 0.111. The summed E-state index contributed by atoms with van der Waals surface area (Å²) in [5, 5.41) is 14.5. The number of halogens is 1. The third-order valence-electron chi connectivity index (χ3n) is 3.86. The van der Waals surface area contributed by atoms with Crippen LogP contribution in [0.1, 0.15) is 0 Å². The first kappa shape index (κ1) is 17.8. The van der Waals surface area contributed by atoms with E-state index in [0.717, 1.165) is 4.47 Å². The number of nitro benzene ring substituents is 1. The van der Waals surface area contributed by atoms with Crippen molar-refractivity contribution >= 4 is 49.8 Å². The van der Waals surface area contributed by atoms with E-state index < -0.39 is 4.92 Å². The van der Waals surface area contributed by atoms with Crippen LogP contribution in [0.25, 0.3) is 10.9 Å². The minimum absolute atomic E-state index is 0.0112. The Morgan fingerprint density at radius 1 is 1.23 bits per heavy atom. The maximum absolute atomic E-state index is 12.4. The molecule has 0 fully saturated rings. The van der Waals surface area contributed by atoms with E-state index in [-0.39, 0.29) is 18.1 Å². The van der Waals surface area contributed by atoms with Crippen LogP contribution in [-0.4, -0.2) is 29.4 Å². The highest BCUT2D eigenvalue weighted by Crippen LogP contribution is 2.31. The SMILES string of the molecule is CN(CC(=O)Nc1ccccc1Br)c1ccc([N+](=O)[O-])c2cccnc12. The van der Waals surface area contributed by atoms with Crippen molar-refractivity contribution in [3.05, 3.63) is 69.3 Å². The van der Waals surface area contributed by atoms with Gasteiger partial charge in [-0.3, -0.25) is 19.9 Å². The second kappa shape index (κ2) is 7.49. The number of non-ortho nitro benzene ring substituents is 1. The van der Waals surface area contributed by atoms with Crippen LogP contribution in [0.15, 0.2) is 59.2 Å². The van der Waals surface area contributed by atoms with Crippen LogP contribution in [0.2, 0.25) is 0 Å². The molecule has 0 aliphatic heterocycles. The van der Waals surface area contributed by atoms with Crippen molar-refractivity contribution in [2.45, 2.75) is 0 Å². The fourth-order valence-electron chi connectivity index (χ4n) is 2.66. The van der Waals surface area contributed by atoms with Gasteiger partial charge in [0.25, 0.3) is 5.69 Å². The zero-order chi connectivity index (χ0) is 18.7. The van der Waals surface area contributed by atoms with Crippen LogP contribution < -0.4 is 10.2 Å². The van der Waals surface area contributed by atoms with Gasteiger partial charge in [0, 0.05) is 23.8 Å². The Morgan fingerprint density at radius 3 is 2.73 bits per heavy atom. The minimum Gasteiger partial charge on any atom is -0.364 e. The maximum Gasteiger partial charge on any atom is 0.278 e. The second-order valence-corrected chi connectivity index (χ2v) is 6.50. The molecule has 0 saturated heterocycles. The molecule has 1 aromatic heterocycles. The molecule has 0 radical (unpaired) electrons. The predicted molar refractivity (Wildman–Crippen MR) is 104 cm³/mol. The highest BCUT2D eigenvalue weighted by molar-refractivity contribution is 9.10. The van der Waals surface area contributed by atoms with Crippen molar-refractivity contribution in [3.8, 4) is 0 Å². The Balaban J connectivity index is 1.85. The summed E-state index contributed by atoms with van der Waals surface area (Å²) in [4.78, 5) is 29.1. The first-order valence-electron chi connectivity index (χ1n) is 7.75. The van der Waals surface area contributed by atoms with Gasteiger partial charge in [-0.15, -0.1) is 0 Å². The third kappa shape index (κ3) is 3.65. The molecule has 7 nitrogen and oxygen atoms in total. The summed E-state index contributed by atoms with van der Waals surface area (Å²) in [6.07, 6.45) is 1.57. The number of nitrogens with zero attached hydrogens (tertiary/aromatic N) is 3. The topological polar surface area (TPSA) is 88.4 Å². The molecule has 26 heavy (non-hydrogen) atoms. The van der Waals surface area contributed by atoms with Crippen molar-refractivity contribution < 1.29 is 9.72 Å². The van der Waals surface area contributed by atoms with E-state index in [1.165, 1.54) is 6.07 Å². The van der Waals surface area contributed by atoms with Crippen molar-refractivity contribution in [2.24, 2.45) is 0 Å². The number of fused-ring (bicyclic) bond motifs is 1. The van der Waals surface area contributed by atoms with Crippen LogP contribution in [0.4, 0.5) is 17.1 Å². The summed E-state index contributed by atoms with van der Waals surface area (Å²) in [5.41, 5.74) is 1.80. The van der Waals surface area contributed by atoms with Gasteiger partial charge >= 0.3 is 0 Å². The molecule has 132 valence electrons. The van der Waals surface area contributed by atoms with Crippen LogP contribution in [0.3, 0.4) is 0 Å². The molecule has 0 atom stereocenters. The first-order valence-corrected chi connectivity index (χ1v) is 8.54. The molecule has 1 heterocycles. The lowest BCUT2D eigenvalue weighted by Crippen LogP contribution is -2.30. The number of benzene rings is 2. The third-order valence-corrected chi connectivity index (χ3v) is 4.55. The molecule has 8 heteroatoms. The Kier molecular flexibility index (Phi) is 5.13. The monoisotopic (exact) mass is 414 g/mol. The van der Waals surface area contributed by atoms with Crippen LogP contribution in [0.5, 0.6) is 0 Å². The number of hydrogen-bond donors (Lipinski definition) is 1. The molecular weight excluding hydrogens is 400 g/mol. The Hall–Kier alpha value is -3.00. The van der Waals surface area contributed by atoms with E-state index in [1.54, 1.807) is 42.4 Å². The number of amides is 1. The predicted octanol–water partition coefficient (Wildman–Crippen LogP) is 3.98. The van der Waals surface area contributed by atoms with Gasteiger partial charge in [0.2, 0.25) is 5.91 Å². The molecule has 0 spiro atoms. The molecule has 3 rings (SSSR count). The number of nitrogens with one attached hydrogen (secondary N) is 1. The van der Waals surface area contributed by atoms with Crippen LogP contribution in [0, 0.1) is 10.1 Å². The molecule has 1 N–H and O–H groups in total. The lowest BCUT2D eigenvalue weighted by atomic mass is 10.1. The lowest BCUT2D eigenvalue weighted by molar-refractivity contribution is -0.383. The number of carbonyl (C=O) groups excluding carboxylic acids is 1. The second-order valence-electron chi connectivity index (χ2n) is 5.64. The minimum atomic E-state index is -0.437. The molecule has 0 saturated carbocycles. The number of carbonyl (C=O) groups is 1. The van der Waals surface area contributed by atoms with E-state index in [4.69, 9.17) is 0 Å². The molecule has 0 bridgehead atoms. The van der Waals surface area contributed by atoms with E-state index in [2.05, 4.69) is 26.2 Å². The van der Waals surface area contributed by atoms with Gasteiger partial charge in [-0.25, -0.2) is 0 Å². The summed E-state index contributed by atoms with van der Waals surface area (Å²) < 4.78 is 0.790. The van der Waals surface area contributed by atoms with Crippen molar-refractivity contribution in [2.75, 3.05) is 23.8 Å². The average Bonchev–Trinajstić information content (AvgIpc) is 2.62. The number of para-hydroxylation sites is 1. The normalized spacial score (nSPS) is 10.5. The number of pyridine rings is 1. The zero-order valence-electron chi connectivity index (χ0n) is 13.8. The fourth-order valence-corrected chi connectivity index (χ4v) is 3.05. The number of rotatable bonds is 5. The summed E-state index contributed by atoms with van der Waals surface area (Å²) in [6.45, 7) is 0.0742. The molecular formula is C18H15BrN4O3. The quantitative estimate of drug-likeness (QED) is 0.503. The zero-order valence-corrected chi connectivity index (χ0v) is 15.4. The summed E-state index contributed by atoms with van der Waals surface area (Å²) in [7, 11) is 1.74. The van der Waals surface area contributed by atoms with Gasteiger partial charge < -0.3 is 10.2 Å². The van der Waals surface area contributed by atoms with Crippen molar-refractivity contribution in [3.63, 3.8) is 0 Å². The maximum atomic E-state index is 12.4. The van der Waals surface area contributed by atoms with E-state index in [0.29, 0.717) is 22.3 Å². The number of anilines is 2. The standard InChI is InChI=1S/C18H15BrN4O3/c1-22(11-17(24)21-14-7-3-2-6-13(14)19)16-9-8-15(23(25)26)12-5-4-10-20-18(12)16/h2-10H,11H2,1H3,(H,21,24). The average molecular weight is 415 g/mol. The van der Waals surface area contributed by atoms with Gasteiger partial charge in [0.05, 0.1) is 28.2 Å². The Labute approximate surface area is 157 Å². The largest absolute Gasteiger partial charge is 0.364 e. The molecule has 1 amide bonds. The number of nitro groups is 1. The number of aromatic nitrogens is 1. The Bertz CT molecular complexity index is 993. The van der Waals surface area contributed by atoms with E-state index in [1.807, 2.05) is 18.2 Å². The smallest absolute Gasteiger partial charge is 0.278 e.